The number of aliphatic hydroxyl groups is 1. The normalized spacial score (nSPS) is 13.6. The first-order valence-corrected chi connectivity index (χ1v) is 6.05. The molecule has 3 N–H and O–H groups in total. The second kappa shape index (κ2) is 6.29. The van der Waals surface area contributed by atoms with E-state index in [1.54, 1.807) is 6.92 Å². The highest BCUT2D eigenvalue weighted by atomic mass is 16.4. The van der Waals surface area contributed by atoms with Crippen LogP contribution in [0.4, 0.5) is 0 Å². The molecule has 104 valence electrons. The number of carbonyl (C=O) groups is 2. The van der Waals surface area contributed by atoms with Gasteiger partial charge in [0.25, 0.3) is 5.91 Å². The summed E-state index contributed by atoms with van der Waals surface area (Å²) in [5.41, 5.74) is -0.956. The third-order valence-corrected chi connectivity index (χ3v) is 2.66. The highest BCUT2D eigenvalue weighted by molar-refractivity contribution is 5.95. The Morgan fingerprint density at radius 1 is 1.47 bits per heavy atom. The molecule has 1 heterocycles. The van der Waals surface area contributed by atoms with Crippen molar-refractivity contribution < 1.29 is 19.8 Å². The molecule has 1 atom stereocenters. The van der Waals surface area contributed by atoms with Crippen LogP contribution >= 0.6 is 0 Å². The number of nitrogens with one attached hydrogen (secondary N) is 1. The van der Waals surface area contributed by atoms with Crippen molar-refractivity contribution in [3.05, 3.63) is 29.6 Å². The molecule has 0 saturated carbocycles. The molecule has 0 aliphatic rings. The first kappa shape index (κ1) is 15.1. The van der Waals surface area contributed by atoms with Gasteiger partial charge in [0.1, 0.15) is 5.69 Å². The SMILES string of the molecule is CCCC(C)(O)CNC(=O)c1cc(C(=O)O)ccn1. The van der Waals surface area contributed by atoms with Crippen LogP contribution in [0.3, 0.4) is 0 Å². The van der Waals surface area contributed by atoms with Crippen LogP contribution in [0.5, 0.6) is 0 Å². The van der Waals surface area contributed by atoms with E-state index in [0.29, 0.717) is 6.42 Å². The number of amides is 1. The number of nitrogens with zero attached hydrogens (tertiary/aromatic N) is 1. The van der Waals surface area contributed by atoms with E-state index in [0.717, 1.165) is 6.42 Å². The Hall–Kier alpha value is -1.95. The summed E-state index contributed by atoms with van der Waals surface area (Å²) in [5.74, 6) is -1.62. The van der Waals surface area contributed by atoms with Gasteiger partial charge in [-0.05, 0) is 25.5 Å². The van der Waals surface area contributed by atoms with Crippen molar-refractivity contribution in [2.45, 2.75) is 32.3 Å². The summed E-state index contributed by atoms with van der Waals surface area (Å²) in [7, 11) is 0. The van der Waals surface area contributed by atoms with Crippen LogP contribution in [0.2, 0.25) is 0 Å². The number of aromatic carboxylic acids is 1. The summed E-state index contributed by atoms with van der Waals surface area (Å²) in [5, 5.41) is 21.3. The molecule has 1 unspecified atom stereocenters. The van der Waals surface area contributed by atoms with E-state index in [4.69, 9.17) is 5.11 Å². The summed E-state index contributed by atoms with van der Waals surface area (Å²) in [6, 6.07) is 2.51. The van der Waals surface area contributed by atoms with Gasteiger partial charge >= 0.3 is 5.97 Å². The summed E-state index contributed by atoms with van der Waals surface area (Å²) in [6.07, 6.45) is 2.63. The Balaban J connectivity index is 2.68. The zero-order valence-corrected chi connectivity index (χ0v) is 11.0. The average Bonchev–Trinajstić information content (AvgIpc) is 2.36. The molecule has 0 aromatic carbocycles. The first-order valence-electron chi connectivity index (χ1n) is 6.05. The Bertz CT molecular complexity index is 471. The number of carboxylic acids is 1. The zero-order chi connectivity index (χ0) is 14.5. The molecule has 6 nitrogen and oxygen atoms in total. The van der Waals surface area contributed by atoms with Crippen LogP contribution < -0.4 is 5.32 Å². The maximum absolute atomic E-state index is 11.8. The Morgan fingerprint density at radius 2 is 2.16 bits per heavy atom. The lowest BCUT2D eigenvalue weighted by molar-refractivity contribution is 0.0468. The largest absolute Gasteiger partial charge is 0.478 e. The van der Waals surface area contributed by atoms with E-state index in [1.165, 1.54) is 18.3 Å². The van der Waals surface area contributed by atoms with E-state index in [9.17, 15) is 14.7 Å². The number of hydrogen-bond donors (Lipinski definition) is 3. The molecule has 0 aliphatic carbocycles. The molecule has 0 fully saturated rings. The Kier molecular flexibility index (Phi) is 5.00. The topological polar surface area (TPSA) is 99.5 Å². The molecule has 0 aliphatic heterocycles. The second-order valence-electron chi connectivity index (χ2n) is 4.66. The molecule has 19 heavy (non-hydrogen) atoms. The third-order valence-electron chi connectivity index (χ3n) is 2.66. The second-order valence-corrected chi connectivity index (χ2v) is 4.66. The van der Waals surface area contributed by atoms with Crippen LogP contribution in [0.15, 0.2) is 18.3 Å². The number of pyridine rings is 1. The molecule has 0 radical (unpaired) electrons. The summed E-state index contributed by atoms with van der Waals surface area (Å²) < 4.78 is 0. The van der Waals surface area contributed by atoms with Gasteiger partial charge < -0.3 is 15.5 Å². The minimum atomic E-state index is -1.12. The lowest BCUT2D eigenvalue weighted by Crippen LogP contribution is -2.40. The van der Waals surface area contributed by atoms with E-state index in [1.807, 2.05) is 6.92 Å². The highest BCUT2D eigenvalue weighted by Crippen LogP contribution is 2.10. The van der Waals surface area contributed by atoms with E-state index in [2.05, 4.69) is 10.3 Å². The van der Waals surface area contributed by atoms with Crippen LogP contribution in [0.25, 0.3) is 0 Å². The monoisotopic (exact) mass is 266 g/mol. The molecular weight excluding hydrogens is 248 g/mol. The third kappa shape index (κ3) is 4.67. The lowest BCUT2D eigenvalue weighted by atomic mass is 10.0. The van der Waals surface area contributed by atoms with Crippen molar-refractivity contribution in [3.63, 3.8) is 0 Å². The number of aromatic nitrogens is 1. The van der Waals surface area contributed by atoms with Gasteiger partial charge in [-0.1, -0.05) is 13.3 Å². The average molecular weight is 266 g/mol. The molecule has 6 heteroatoms. The fourth-order valence-corrected chi connectivity index (χ4v) is 1.68. The Labute approximate surface area is 111 Å². The number of hydrogen-bond acceptors (Lipinski definition) is 4. The molecule has 0 saturated heterocycles. The van der Waals surface area contributed by atoms with E-state index in [-0.39, 0.29) is 17.8 Å². The Morgan fingerprint density at radius 3 is 2.74 bits per heavy atom. The molecule has 1 aromatic rings. The van der Waals surface area contributed by atoms with Crippen molar-refractivity contribution in [2.75, 3.05) is 6.54 Å². The minimum absolute atomic E-state index is 0.000434. The molecule has 0 spiro atoms. The van der Waals surface area contributed by atoms with Crippen LogP contribution in [0, 0.1) is 0 Å². The van der Waals surface area contributed by atoms with Crippen molar-refractivity contribution >= 4 is 11.9 Å². The van der Waals surface area contributed by atoms with Gasteiger partial charge in [0.05, 0.1) is 11.2 Å². The summed E-state index contributed by atoms with van der Waals surface area (Å²) in [6.45, 7) is 3.67. The van der Waals surface area contributed by atoms with Gasteiger partial charge in [-0.2, -0.15) is 0 Å². The maximum atomic E-state index is 11.8. The fourth-order valence-electron chi connectivity index (χ4n) is 1.68. The van der Waals surface area contributed by atoms with Gasteiger partial charge in [-0.3, -0.25) is 9.78 Å². The van der Waals surface area contributed by atoms with Crippen molar-refractivity contribution in [1.29, 1.82) is 0 Å². The maximum Gasteiger partial charge on any atom is 0.335 e. The van der Waals surface area contributed by atoms with Gasteiger partial charge in [0.15, 0.2) is 0 Å². The van der Waals surface area contributed by atoms with Crippen LogP contribution in [-0.2, 0) is 0 Å². The number of rotatable bonds is 6. The predicted molar refractivity (Wildman–Crippen MR) is 69.1 cm³/mol. The summed E-state index contributed by atoms with van der Waals surface area (Å²) >= 11 is 0. The van der Waals surface area contributed by atoms with E-state index < -0.39 is 17.5 Å². The molecule has 1 aromatic heterocycles. The quantitative estimate of drug-likeness (QED) is 0.715. The molecule has 1 rings (SSSR count). The van der Waals surface area contributed by atoms with Gasteiger partial charge in [0, 0.05) is 12.7 Å². The minimum Gasteiger partial charge on any atom is -0.478 e. The smallest absolute Gasteiger partial charge is 0.335 e. The van der Waals surface area contributed by atoms with Crippen LogP contribution in [-0.4, -0.2) is 39.2 Å². The number of carboxylic acid groups (broad SMARTS) is 1. The fraction of sp³-hybridized carbons (Fsp3) is 0.462. The van der Waals surface area contributed by atoms with Crippen molar-refractivity contribution in [1.82, 2.24) is 10.3 Å². The number of carbonyl (C=O) groups excluding carboxylic acids is 1. The lowest BCUT2D eigenvalue weighted by Gasteiger charge is -2.22. The molecular formula is C13H18N2O4. The zero-order valence-electron chi connectivity index (χ0n) is 11.0. The highest BCUT2D eigenvalue weighted by Gasteiger charge is 2.20. The summed E-state index contributed by atoms with van der Waals surface area (Å²) in [4.78, 5) is 26.4. The standard InChI is InChI=1S/C13H18N2O4/c1-3-5-13(2,19)8-15-11(16)10-7-9(12(17)18)4-6-14-10/h4,6-7,19H,3,5,8H2,1-2H3,(H,15,16)(H,17,18). The molecule has 0 bridgehead atoms. The van der Waals surface area contributed by atoms with Crippen molar-refractivity contribution in [3.8, 4) is 0 Å². The molecule has 1 amide bonds. The predicted octanol–water partition coefficient (Wildman–Crippen LogP) is 1.06. The van der Waals surface area contributed by atoms with Crippen molar-refractivity contribution in [2.24, 2.45) is 0 Å². The first-order chi connectivity index (χ1) is 8.85. The van der Waals surface area contributed by atoms with Gasteiger partial charge in [-0.25, -0.2) is 4.79 Å². The van der Waals surface area contributed by atoms with Gasteiger partial charge in [-0.15, -0.1) is 0 Å². The van der Waals surface area contributed by atoms with Crippen LogP contribution in [0.1, 0.15) is 47.5 Å². The van der Waals surface area contributed by atoms with E-state index >= 15 is 0 Å². The van der Waals surface area contributed by atoms with Gasteiger partial charge in [0.2, 0.25) is 0 Å².